The standard InChI is InChI=1S/C11H19N3O2/c1-8(2)5-10-12-11(16-13-10)7-14-4-3-9(15)6-14/h8-9,15H,3-7H2,1-2H3/t9-/m0/s1. The first-order valence-electron chi connectivity index (χ1n) is 5.85. The smallest absolute Gasteiger partial charge is 0.240 e. The average molecular weight is 225 g/mol. The van der Waals surface area contributed by atoms with Crippen molar-refractivity contribution in [3.63, 3.8) is 0 Å². The van der Waals surface area contributed by atoms with Crippen LogP contribution in [-0.2, 0) is 13.0 Å². The molecule has 0 amide bonds. The molecule has 16 heavy (non-hydrogen) atoms. The maximum atomic E-state index is 9.39. The number of aromatic nitrogens is 2. The molecule has 1 aromatic heterocycles. The van der Waals surface area contributed by atoms with Crippen LogP contribution in [0, 0.1) is 5.92 Å². The summed E-state index contributed by atoms with van der Waals surface area (Å²) in [5, 5.41) is 13.3. The lowest BCUT2D eigenvalue weighted by Crippen LogP contribution is -2.21. The molecule has 1 atom stereocenters. The number of rotatable bonds is 4. The maximum absolute atomic E-state index is 9.39. The van der Waals surface area contributed by atoms with E-state index in [0.29, 0.717) is 24.9 Å². The molecular formula is C11H19N3O2. The average Bonchev–Trinajstić information content (AvgIpc) is 2.76. The zero-order valence-corrected chi connectivity index (χ0v) is 9.89. The second kappa shape index (κ2) is 4.93. The number of likely N-dealkylation sites (tertiary alicyclic amines) is 1. The minimum Gasteiger partial charge on any atom is -0.392 e. The molecule has 5 nitrogen and oxygen atoms in total. The van der Waals surface area contributed by atoms with Crippen LogP contribution in [0.1, 0.15) is 32.0 Å². The van der Waals surface area contributed by atoms with E-state index in [9.17, 15) is 5.11 Å². The predicted octanol–water partition coefficient (Wildman–Crippen LogP) is 0.835. The van der Waals surface area contributed by atoms with Crippen LogP contribution in [0.5, 0.6) is 0 Å². The molecule has 1 aliphatic rings. The summed E-state index contributed by atoms with van der Waals surface area (Å²) in [6, 6.07) is 0. The molecule has 0 saturated carbocycles. The molecule has 1 aliphatic heterocycles. The van der Waals surface area contributed by atoms with Gasteiger partial charge in [0.25, 0.3) is 0 Å². The molecular weight excluding hydrogens is 206 g/mol. The van der Waals surface area contributed by atoms with Crippen molar-refractivity contribution in [2.24, 2.45) is 5.92 Å². The van der Waals surface area contributed by atoms with E-state index in [1.807, 2.05) is 0 Å². The molecule has 1 aromatic rings. The Kier molecular flexibility index (Phi) is 3.56. The van der Waals surface area contributed by atoms with Gasteiger partial charge in [-0.3, -0.25) is 4.90 Å². The van der Waals surface area contributed by atoms with Gasteiger partial charge in [0.1, 0.15) is 0 Å². The minimum atomic E-state index is -0.196. The summed E-state index contributed by atoms with van der Waals surface area (Å²) in [6.45, 7) is 6.53. The van der Waals surface area contributed by atoms with Gasteiger partial charge in [-0.2, -0.15) is 4.98 Å². The largest absolute Gasteiger partial charge is 0.392 e. The number of hydrogen-bond donors (Lipinski definition) is 1. The quantitative estimate of drug-likeness (QED) is 0.822. The van der Waals surface area contributed by atoms with Crippen molar-refractivity contribution in [1.82, 2.24) is 15.0 Å². The van der Waals surface area contributed by atoms with Crippen molar-refractivity contribution in [3.8, 4) is 0 Å². The van der Waals surface area contributed by atoms with E-state index >= 15 is 0 Å². The Bertz CT molecular complexity index is 338. The molecule has 2 heterocycles. The number of nitrogens with zero attached hydrogens (tertiary/aromatic N) is 3. The Morgan fingerprint density at radius 3 is 3.00 bits per heavy atom. The molecule has 0 aromatic carbocycles. The molecule has 0 unspecified atom stereocenters. The summed E-state index contributed by atoms with van der Waals surface area (Å²) in [4.78, 5) is 6.47. The van der Waals surface area contributed by atoms with Gasteiger partial charge in [0.05, 0.1) is 12.6 Å². The monoisotopic (exact) mass is 225 g/mol. The lowest BCUT2D eigenvalue weighted by Gasteiger charge is -2.10. The zero-order valence-electron chi connectivity index (χ0n) is 9.89. The van der Waals surface area contributed by atoms with Gasteiger partial charge in [0.15, 0.2) is 5.82 Å². The molecule has 0 radical (unpaired) electrons. The Hall–Kier alpha value is -0.940. The van der Waals surface area contributed by atoms with Crippen LogP contribution < -0.4 is 0 Å². The summed E-state index contributed by atoms with van der Waals surface area (Å²) in [6.07, 6.45) is 1.50. The molecule has 1 N–H and O–H groups in total. The minimum absolute atomic E-state index is 0.196. The van der Waals surface area contributed by atoms with E-state index in [-0.39, 0.29) is 6.10 Å². The van der Waals surface area contributed by atoms with E-state index in [2.05, 4.69) is 28.9 Å². The Balaban J connectivity index is 1.87. The summed E-state index contributed by atoms with van der Waals surface area (Å²) in [5.74, 6) is 1.98. The van der Waals surface area contributed by atoms with Crippen LogP contribution in [0.15, 0.2) is 4.52 Å². The Morgan fingerprint density at radius 1 is 1.56 bits per heavy atom. The highest BCUT2D eigenvalue weighted by Gasteiger charge is 2.22. The van der Waals surface area contributed by atoms with Crippen LogP contribution in [0.25, 0.3) is 0 Å². The fraction of sp³-hybridized carbons (Fsp3) is 0.818. The first-order chi connectivity index (χ1) is 7.63. The first kappa shape index (κ1) is 11.5. The molecule has 1 saturated heterocycles. The molecule has 1 fully saturated rings. The number of β-amino-alcohol motifs (C(OH)–C–C–N with tert-alkyl or cyclic N) is 1. The molecule has 90 valence electrons. The van der Waals surface area contributed by atoms with Crippen molar-refractivity contribution in [1.29, 1.82) is 0 Å². The summed E-state index contributed by atoms with van der Waals surface area (Å²) in [7, 11) is 0. The van der Waals surface area contributed by atoms with Crippen molar-refractivity contribution < 1.29 is 9.63 Å². The third-order valence-electron chi connectivity index (χ3n) is 2.71. The highest BCUT2D eigenvalue weighted by molar-refractivity contribution is 4.88. The number of hydrogen-bond acceptors (Lipinski definition) is 5. The van der Waals surface area contributed by atoms with Crippen LogP contribution in [0.2, 0.25) is 0 Å². The van der Waals surface area contributed by atoms with Gasteiger partial charge in [-0.15, -0.1) is 0 Å². The first-order valence-corrected chi connectivity index (χ1v) is 5.85. The van der Waals surface area contributed by atoms with E-state index < -0.39 is 0 Å². The van der Waals surface area contributed by atoms with Crippen molar-refractivity contribution in [3.05, 3.63) is 11.7 Å². The van der Waals surface area contributed by atoms with E-state index in [4.69, 9.17) is 4.52 Å². The zero-order chi connectivity index (χ0) is 11.5. The highest BCUT2D eigenvalue weighted by Crippen LogP contribution is 2.13. The number of aliphatic hydroxyl groups is 1. The van der Waals surface area contributed by atoms with Crippen molar-refractivity contribution >= 4 is 0 Å². The SMILES string of the molecule is CC(C)Cc1noc(CN2CC[C@H](O)C2)n1. The second-order valence-electron chi connectivity index (χ2n) is 4.88. The van der Waals surface area contributed by atoms with E-state index in [1.165, 1.54) is 0 Å². The van der Waals surface area contributed by atoms with Gasteiger partial charge in [-0.1, -0.05) is 19.0 Å². The fourth-order valence-electron chi connectivity index (χ4n) is 1.95. The Morgan fingerprint density at radius 2 is 2.38 bits per heavy atom. The van der Waals surface area contributed by atoms with Crippen molar-refractivity contribution in [2.45, 2.75) is 39.3 Å². The lowest BCUT2D eigenvalue weighted by molar-refractivity contribution is 0.169. The predicted molar refractivity (Wildman–Crippen MR) is 58.7 cm³/mol. The number of aliphatic hydroxyl groups excluding tert-OH is 1. The Labute approximate surface area is 95.4 Å². The maximum Gasteiger partial charge on any atom is 0.240 e. The van der Waals surface area contributed by atoms with Gasteiger partial charge in [0.2, 0.25) is 5.89 Å². The van der Waals surface area contributed by atoms with Crippen LogP contribution >= 0.6 is 0 Å². The summed E-state index contributed by atoms with van der Waals surface area (Å²) < 4.78 is 5.18. The molecule has 5 heteroatoms. The molecule has 0 bridgehead atoms. The molecule has 0 spiro atoms. The molecule has 2 rings (SSSR count). The van der Waals surface area contributed by atoms with Crippen molar-refractivity contribution in [2.75, 3.05) is 13.1 Å². The highest BCUT2D eigenvalue weighted by atomic mass is 16.5. The van der Waals surface area contributed by atoms with Gasteiger partial charge < -0.3 is 9.63 Å². The van der Waals surface area contributed by atoms with E-state index in [1.54, 1.807) is 0 Å². The fourth-order valence-corrected chi connectivity index (χ4v) is 1.95. The summed E-state index contributed by atoms with van der Waals surface area (Å²) >= 11 is 0. The van der Waals surface area contributed by atoms with E-state index in [0.717, 1.165) is 25.2 Å². The topological polar surface area (TPSA) is 62.4 Å². The van der Waals surface area contributed by atoms with Crippen LogP contribution in [0.3, 0.4) is 0 Å². The third kappa shape index (κ3) is 3.02. The lowest BCUT2D eigenvalue weighted by atomic mass is 10.1. The van der Waals surface area contributed by atoms with Gasteiger partial charge >= 0.3 is 0 Å². The van der Waals surface area contributed by atoms with Crippen LogP contribution in [0.4, 0.5) is 0 Å². The second-order valence-corrected chi connectivity index (χ2v) is 4.88. The van der Waals surface area contributed by atoms with Gasteiger partial charge in [-0.05, 0) is 12.3 Å². The summed E-state index contributed by atoms with van der Waals surface area (Å²) in [5.41, 5.74) is 0. The molecule has 0 aliphatic carbocycles. The normalized spacial score (nSPS) is 22.1. The van der Waals surface area contributed by atoms with Gasteiger partial charge in [-0.25, -0.2) is 0 Å². The van der Waals surface area contributed by atoms with Crippen LogP contribution in [-0.4, -0.2) is 39.3 Å². The van der Waals surface area contributed by atoms with Gasteiger partial charge in [0, 0.05) is 19.5 Å². The third-order valence-corrected chi connectivity index (χ3v) is 2.71.